The summed E-state index contributed by atoms with van der Waals surface area (Å²) in [7, 11) is 0. The first-order valence-electron chi connectivity index (χ1n) is 5.34. The van der Waals surface area contributed by atoms with Gasteiger partial charge in [0.2, 0.25) is 0 Å². The van der Waals surface area contributed by atoms with Crippen molar-refractivity contribution in [1.29, 1.82) is 0 Å². The van der Waals surface area contributed by atoms with Crippen molar-refractivity contribution in [3.05, 3.63) is 47.2 Å². The third-order valence-corrected chi connectivity index (χ3v) is 2.78. The zero-order valence-electron chi connectivity index (χ0n) is 9.16. The van der Waals surface area contributed by atoms with Gasteiger partial charge in [0.15, 0.2) is 0 Å². The van der Waals surface area contributed by atoms with Gasteiger partial charge in [0.25, 0.3) is 0 Å². The van der Waals surface area contributed by atoms with E-state index in [9.17, 15) is 0 Å². The van der Waals surface area contributed by atoms with Crippen LogP contribution < -0.4 is 5.32 Å². The van der Waals surface area contributed by atoms with Gasteiger partial charge in [0.05, 0.1) is 6.26 Å². The highest BCUT2D eigenvalue weighted by Crippen LogP contribution is 2.25. The van der Waals surface area contributed by atoms with Gasteiger partial charge in [0.1, 0.15) is 5.76 Å². The number of rotatable bonds is 4. The molecule has 84 valence electrons. The van der Waals surface area contributed by atoms with Gasteiger partial charge in [0, 0.05) is 17.1 Å². The molecule has 2 rings (SSSR count). The van der Waals surface area contributed by atoms with E-state index < -0.39 is 0 Å². The van der Waals surface area contributed by atoms with Crippen LogP contribution in [-0.4, -0.2) is 6.54 Å². The minimum Gasteiger partial charge on any atom is -0.464 e. The van der Waals surface area contributed by atoms with Gasteiger partial charge in [-0.3, -0.25) is 0 Å². The molecule has 1 heterocycles. The monoisotopic (exact) mass is 235 g/mol. The second kappa shape index (κ2) is 5.19. The molecule has 0 bridgehead atoms. The number of benzene rings is 1. The van der Waals surface area contributed by atoms with E-state index in [-0.39, 0.29) is 0 Å². The molecule has 0 saturated heterocycles. The van der Waals surface area contributed by atoms with Gasteiger partial charge >= 0.3 is 0 Å². The van der Waals surface area contributed by atoms with E-state index in [4.69, 9.17) is 16.0 Å². The van der Waals surface area contributed by atoms with Crippen molar-refractivity contribution in [1.82, 2.24) is 5.32 Å². The molecule has 0 fully saturated rings. The highest BCUT2D eigenvalue weighted by atomic mass is 35.5. The molecule has 0 spiro atoms. The largest absolute Gasteiger partial charge is 0.464 e. The van der Waals surface area contributed by atoms with Gasteiger partial charge in [-0.1, -0.05) is 30.7 Å². The Bertz CT molecular complexity index is 451. The average Bonchev–Trinajstić information content (AvgIpc) is 2.81. The van der Waals surface area contributed by atoms with Gasteiger partial charge in [-0.05, 0) is 30.3 Å². The summed E-state index contributed by atoms with van der Waals surface area (Å²) in [6.45, 7) is 3.81. The summed E-state index contributed by atoms with van der Waals surface area (Å²) in [5, 5.41) is 4.02. The Balaban J connectivity index is 2.23. The van der Waals surface area contributed by atoms with Crippen LogP contribution in [0.3, 0.4) is 0 Å². The van der Waals surface area contributed by atoms with Crippen molar-refractivity contribution in [2.24, 2.45) is 0 Å². The molecule has 3 heteroatoms. The van der Waals surface area contributed by atoms with Crippen LogP contribution in [0.15, 0.2) is 41.0 Å². The SMILES string of the molecule is CCNCc1ccc(-c2ccco2)cc1Cl. The maximum atomic E-state index is 6.20. The van der Waals surface area contributed by atoms with Crippen LogP contribution in [0.1, 0.15) is 12.5 Å². The summed E-state index contributed by atoms with van der Waals surface area (Å²) < 4.78 is 5.32. The number of halogens is 1. The smallest absolute Gasteiger partial charge is 0.133 e. The first-order chi connectivity index (χ1) is 7.81. The fourth-order valence-electron chi connectivity index (χ4n) is 1.55. The maximum absolute atomic E-state index is 6.20. The minimum atomic E-state index is 0.773. The molecule has 2 nitrogen and oxygen atoms in total. The zero-order valence-corrected chi connectivity index (χ0v) is 9.92. The highest BCUT2D eigenvalue weighted by molar-refractivity contribution is 6.31. The third kappa shape index (κ3) is 2.46. The van der Waals surface area contributed by atoms with Crippen LogP contribution >= 0.6 is 11.6 Å². The van der Waals surface area contributed by atoms with E-state index in [1.807, 2.05) is 30.3 Å². The van der Waals surface area contributed by atoms with Crippen LogP contribution in [0.2, 0.25) is 5.02 Å². The lowest BCUT2D eigenvalue weighted by Gasteiger charge is -2.06. The van der Waals surface area contributed by atoms with Crippen molar-refractivity contribution in [2.75, 3.05) is 6.54 Å². The second-order valence-corrected chi connectivity index (χ2v) is 3.97. The standard InChI is InChI=1S/C13H14ClNO/c1-2-15-9-11-6-5-10(8-12(11)14)13-4-3-7-16-13/h3-8,15H,2,9H2,1H3. The topological polar surface area (TPSA) is 25.2 Å². The molecule has 0 amide bonds. The van der Waals surface area contributed by atoms with Crippen LogP contribution in [0, 0.1) is 0 Å². The van der Waals surface area contributed by atoms with E-state index in [1.165, 1.54) is 0 Å². The Hall–Kier alpha value is -1.25. The quantitative estimate of drug-likeness (QED) is 0.874. The Kier molecular flexibility index (Phi) is 3.65. The summed E-state index contributed by atoms with van der Waals surface area (Å²) in [4.78, 5) is 0. The Morgan fingerprint density at radius 3 is 2.81 bits per heavy atom. The molecular weight excluding hydrogens is 222 g/mol. The van der Waals surface area contributed by atoms with Gasteiger partial charge < -0.3 is 9.73 Å². The molecule has 1 N–H and O–H groups in total. The molecule has 0 aliphatic carbocycles. The maximum Gasteiger partial charge on any atom is 0.133 e. The molecule has 2 aromatic rings. The Labute approximate surface area is 100 Å². The third-order valence-electron chi connectivity index (χ3n) is 2.42. The van der Waals surface area contributed by atoms with E-state index >= 15 is 0 Å². The van der Waals surface area contributed by atoms with E-state index in [0.29, 0.717) is 0 Å². The van der Waals surface area contributed by atoms with Crippen LogP contribution in [0.4, 0.5) is 0 Å². The van der Waals surface area contributed by atoms with E-state index in [2.05, 4.69) is 12.2 Å². The minimum absolute atomic E-state index is 0.773. The van der Waals surface area contributed by atoms with Crippen molar-refractivity contribution in [2.45, 2.75) is 13.5 Å². The van der Waals surface area contributed by atoms with Crippen molar-refractivity contribution < 1.29 is 4.42 Å². The van der Waals surface area contributed by atoms with E-state index in [0.717, 1.165) is 35.0 Å². The lowest BCUT2D eigenvalue weighted by molar-refractivity contribution is 0.582. The molecule has 0 unspecified atom stereocenters. The van der Waals surface area contributed by atoms with Gasteiger partial charge in [-0.2, -0.15) is 0 Å². The summed E-state index contributed by atoms with van der Waals surface area (Å²) in [5.74, 6) is 0.844. The number of furan rings is 1. The fraction of sp³-hybridized carbons (Fsp3) is 0.231. The summed E-state index contributed by atoms with van der Waals surface area (Å²) in [6, 6.07) is 9.79. The summed E-state index contributed by atoms with van der Waals surface area (Å²) in [5.41, 5.74) is 2.12. The number of nitrogens with one attached hydrogen (secondary N) is 1. The first-order valence-corrected chi connectivity index (χ1v) is 5.72. The molecule has 16 heavy (non-hydrogen) atoms. The molecule has 1 aromatic heterocycles. The molecule has 0 saturated carbocycles. The molecule has 0 radical (unpaired) electrons. The van der Waals surface area contributed by atoms with Gasteiger partial charge in [-0.25, -0.2) is 0 Å². The van der Waals surface area contributed by atoms with E-state index in [1.54, 1.807) is 6.26 Å². The van der Waals surface area contributed by atoms with Crippen molar-refractivity contribution in [3.63, 3.8) is 0 Å². The fourth-order valence-corrected chi connectivity index (χ4v) is 1.79. The highest BCUT2D eigenvalue weighted by Gasteiger charge is 2.04. The lowest BCUT2D eigenvalue weighted by atomic mass is 10.1. The molecule has 0 aliphatic heterocycles. The molecular formula is C13H14ClNO. The van der Waals surface area contributed by atoms with Crippen LogP contribution in [0.25, 0.3) is 11.3 Å². The second-order valence-electron chi connectivity index (χ2n) is 3.56. The van der Waals surface area contributed by atoms with Crippen molar-refractivity contribution in [3.8, 4) is 11.3 Å². The zero-order chi connectivity index (χ0) is 11.4. The van der Waals surface area contributed by atoms with Crippen LogP contribution in [-0.2, 0) is 6.54 Å². The average molecular weight is 236 g/mol. The van der Waals surface area contributed by atoms with Crippen LogP contribution in [0.5, 0.6) is 0 Å². The molecule has 0 aliphatic rings. The van der Waals surface area contributed by atoms with Gasteiger partial charge in [-0.15, -0.1) is 0 Å². The van der Waals surface area contributed by atoms with Crippen molar-refractivity contribution >= 4 is 11.6 Å². The summed E-state index contributed by atoms with van der Waals surface area (Å²) >= 11 is 6.20. The lowest BCUT2D eigenvalue weighted by Crippen LogP contribution is -2.11. The first kappa shape index (κ1) is 11.2. The number of hydrogen-bond acceptors (Lipinski definition) is 2. The Morgan fingerprint density at radius 1 is 1.31 bits per heavy atom. The summed E-state index contributed by atoms with van der Waals surface area (Å²) in [6.07, 6.45) is 1.66. The number of hydrogen-bond donors (Lipinski definition) is 1. The Morgan fingerprint density at radius 2 is 2.19 bits per heavy atom. The predicted octanol–water partition coefficient (Wildman–Crippen LogP) is 3.71. The molecule has 1 aromatic carbocycles. The normalized spacial score (nSPS) is 10.6. The molecule has 0 atom stereocenters. The predicted molar refractivity (Wildman–Crippen MR) is 66.5 cm³/mol.